The quantitative estimate of drug-likeness (QED) is 0.291. The first kappa shape index (κ1) is 24.3. The molecule has 1 saturated heterocycles. The summed E-state index contributed by atoms with van der Waals surface area (Å²) in [6.07, 6.45) is 1.84. The Hall–Kier alpha value is -3.88. The van der Waals surface area contributed by atoms with Crippen molar-refractivity contribution >= 4 is 17.8 Å². The van der Waals surface area contributed by atoms with Crippen molar-refractivity contribution in [3.8, 4) is 0 Å². The fraction of sp³-hybridized carbons (Fsp3) is 0.259. The van der Waals surface area contributed by atoms with Crippen LogP contribution in [0.1, 0.15) is 29.2 Å². The van der Waals surface area contributed by atoms with Crippen LogP contribution in [0, 0.1) is 10.1 Å². The van der Waals surface area contributed by atoms with Crippen LogP contribution in [0.4, 0.5) is 5.69 Å². The van der Waals surface area contributed by atoms with Crippen LogP contribution in [-0.4, -0.2) is 59.6 Å². The highest BCUT2D eigenvalue weighted by Gasteiger charge is 2.26. The lowest BCUT2D eigenvalue weighted by Crippen LogP contribution is -2.48. The number of amides is 1. The van der Waals surface area contributed by atoms with E-state index in [-0.39, 0.29) is 17.6 Å². The van der Waals surface area contributed by atoms with Crippen LogP contribution >= 0.6 is 0 Å². The van der Waals surface area contributed by atoms with E-state index in [1.54, 1.807) is 12.1 Å². The van der Waals surface area contributed by atoms with E-state index in [0.717, 1.165) is 26.2 Å². The fourth-order valence-corrected chi connectivity index (χ4v) is 4.31. The highest BCUT2D eigenvalue weighted by Crippen LogP contribution is 2.29. The van der Waals surface area contributed by atoms with E-state index in [1.807, 2.05) is 12.1 Å². The van der Waals surface area contributed by atoms with E-state index in [1.165, 1.54) is 29.5 Å². The Kier molecular flexibility index (Phi) is 8.32. The smallest absolute Gasteiger partial charge is 0.269 e. The first-order valence-electron chi connectivity index (χ1n) is 11.7. The van der Waals surface area contributed by atoms with Gasteiger partial charge in [0.15, 0.2) is 0 Å². The third-order valence-corrected chi connectivity index (χ3v) is 6.16. The maximum atomic E-state index is 12.2. The summed E-state index contributed by atoms with van der Waals surface area (Å²) in [6.45, 7) is 4.32. The number of carbonyl (C=O) groups is 1. The summed E-state index contributed by atoms with van der Waals surface area (Å²) >= 11 is 0. The Labute approximate surface area is 205 Å². The summed E-state index contributed by atoms with van der Waals surface area (Å²) in [5, 5.41) is 14.7. The Morgan fingerprint density at radius 2 is 1.49 bits per heavy atom. The number of nitrogens with one attached hydrogen (secondary N) is 1. The van der Waals surface area contributed by atoms with Gasteiger partial charge in [0, 0.05) is 51.3 Å². The van der Waals surface area contributed by atoms with Gasteiger partial charge in [-0.25, -0.2) is 5.43 Å². The molecular weight excluding hydrogens is 442 g/mol. The zero-order valence-electron chi connectivity index (χ0n) is 19.5. The van der Waals surface area contributed by atoms with Crippen molar-refractivity contribution < 1.29 is 9.72 Å². The van der Waals surface area contributed by atoms with Gasteiger partial charge < -0.3 is 4.90 Å². The minimum atomic E-state index is -0.452. The van der Waals surface area contributed by atoms with E-state index in [9.17, 15) is 14.9 Å². The van der Waals surface area contributed by atoms with Crippen LogP contribution in [0.5, 0.6) is 0 Å². The second-order valence-corrected chi connectivity index (χ2v) is 8.49. The van der Waals surface area contributed by atoms with E-state index in [0.29, 0.717) is 18.5 Å². The molecule has 8 nitrogen and oxygen atoms in total. The number of hydrogen-bond acceptors (Lipinski definition) is 6. The van der Waals surface area contributed by atoms with Gasteiger partial charge >= 0.3 is 0 Å². The molecule has 0 spiro atoms. The third kappa shape index (κ3) is 6.81. The van der Waals surface area contributed by atoms with Gasteiger partial charge in [-0.1, -0.05) is 60.7 Å². The number of nitro benzene ring substituents is 1. The van der Waals surface area contributed by atoms with Crippen molar-refractivity contribution in [2.45, 2.75) is 12.5 Å². The largest absolute Gasteiger partial charge is 0.300 e. The number of carbonyl (C=O) groups excluding carboxylic acids is 1. The van der Waals surface area contributed by atoms with E-state index in [2.05, 4.69) is 68.9 Å². The lowest BCUT2D eigenvalue weighted by Gasteiger charge is -2.39. The number of benzene rings is 3. The molecule has 1 aliphatic rings. The van der Waals surface area contributed by atoms with Crippen molar-refractivity contribution in [2.24, 2.45) is 5.10 Å². The predicted molar refractivity (Wildman–Crippen MR) is 136 cm³/mol. The molecule has 1 amide bonds. The number of rotatable bonds is 9. The maximum absolute atomic E-state index is 12.2. The number of non-ortho nitro benzene ring substituents is 1. The van der Waals surface area contributed by atoms with Gasteiger partial charge in [-0.15, -0.1) is 0 Å². The molecule has 1 fully saturated rings. The normalized spacial score (nSPS) is 14.9. The Bertz CT molecular complexity index is 1090. The molecule has 35 heavy (non-hydrogen) atoms. The molecule has 1 aliphatic heterocycles. The predicted octanol–water partition coefficient (Wildman–Crippen LogP) is 3.84. The second-order valence-electron chi connectivity index (χ2n) is 8.49. The maximum Gasteiger partial charge on any atom is 0.269 e. The molecule has 4 rings (SSSR count). The number of nitro groups is 1. The van der Waals surface area contributed by atoms with Crippen LogP contribution in [0.25, 0.3) is 0 Å². The Morgan fingerprint density at radius 1 is 0.914 bits per heavy atom. The van der Waals surface area contributed by atoms with Gasteiger partial charge in [0.05, 0.1) is 17.2 Å². The topological polar surface area (TPSA) is 91.1 Å². The molecule has 0 bridgehead atoms. The molecule has 180 valence electrons. The fourth-order valence-electron chi connectivity index (χ4n) is 4.31. The van der Waals surface area contributed by atoms with Gasteiger partial charge in [-0.3, -0.25) is 19.8 Å². The Morgan fingerprint density at radius 3 is 2.03 bits per heavy atom. The molecule has 3 aromatic carbocycles. The number of nitrogens with zero attached hydrogens (tertiary/aromatic N) is 4. The highest BCUT2D eigenvalue weighted by atomic mass is 16.6. The van der Waals surface area contributed by atoms with Crippen LogP contribution in [-0.2, 0) is 4.79 Å². The van der Waals surface area contributed by atoms with Crippen LogP contribution in [0.2, 0.25) is 0 Å². The van der Waals surface area contributed by atoms with Crippen molar-refractivity contribution in [3.63, 3.8) is 0 Å². The molecule has 0 unspecified atom stereocenters. The Balaban J connectivity index is 1.25. The molecule has 0 radical (unpaired) electrons. The monoisotopic (exact) mass is 471 g/mol. The zero-order chi connectivity index (χ0) is 24.5. The molecule has 8 heteroatoms. The van der Waals surface area contributed by atoms with Crippen molar-refractivity contribution in [2.75, 3.05) is 32.7 Å². The SMILES string of the molecule is O=C(CCN1CCN(C(c2ccccc2)c2ccccc2)CC1)N/N=C\c1ccc([N+](=O)[O-])cc1. The number of hydrogen-bond donors (Lipinski definition) is 1. The minimum Gasteiger partial charge on any atom is -0.300 e. The van der Waals surface area contributed by atoms with Gasteiger partial charge in [-0.05, 0) is 28.8 Å². The molecule has 0 saturated carbocycles. The van der Waals surface area contributed by atoms with Crippen molar-refractivity contribution in [1.29, 1.82) is 0 Å². The van der Waals surface area contributed by atoms with E-state index >= 15 is 0 Å². The van der Waals surface area contributed by atoms with Crippen LogP contribution in [0.15, 0.2) is 90.0 Å². The van der Waals surface area contributed by atoms with Crippen LogP contribution < -0.4 is 5.43 Å². The van der Waals surface area contributed by atoms with Crippen molar-refractivity contribution in [1.82, 2.24) is 15.2 Å². The zero-order valence-corrected chi connectivity index (χ0v) is 19.5. The summed E-state index contributed by atoms with van der Waals surface area (Å²) in [5.74, 6) is -0.156. The lowest BCUT2D eigenvalue weighted by molar-refractivity contribution is -0.384. The average Bonchev–Trinajstić information content (AvgIpc) is 2.90. The van der Waals surface area contributed by atoms with Gasteiger partial charge in [0.1, 0.15) is 0 Å². The second kappa shape index (κ2) is 12.0. The van der Waals surface area contributed by atoms with Crippen LogP contribution in [0.3, 0.4) is 0 Å². The summed E-state index contributed by atoms with van der Waals surface area (Å²) in [6, 6.07) is 27.4. The average molecular weight is 472 g/mol. The molecule has 0 aliphatic carbocycles. The third-order valence-electron chi connectivity index (χ3n) is 6.16. The molecule has 1 heterocycles. The molecule has 1 N–H and O–H groups in total. The lowest BCUT2D eigenvalue weighted by atomic mass is 9.96. The van der Waals surface area contributed by atoms with Gasteiger partial charge in [0.25, 0.3) is 5.69 Å². The molecule has 3 aromatic rings. The first-order chi connectivity index (χ1) is 17.1. The number of hydrazone groups is 1. The summed E-state index contributed by atoms with van der Waals surface area (Å²) in [5.41, 5.74) is 5.81. The van der Waals surface area contributed by atoms with E-state index < -0.39 is 4.92 Å². The molecular formula is C27H29N5O3. The molecule has 0 aromatic heterocycles. The summed E-state index contributed by atoms with van der Waals surface area (Å²) in [7, 11) is 0. The van der Waals surface area contributed by atoms with Gasteiger partial charge in [-0.2, -0.15) is 5.10 Å². The van der Waals surface area contributed by atoms with Crippen molar-refractivity contribution in [3.05, 3.63) is 112 Å². The number of piperazine rings is 1. The first-order valence-corrected chi connectivity index (χ1v) is 11.7. The van der Waals surface area contributed by atoms with Gasteiger partial charge in [0.2, 0.25) is 5.91 Å². The summed E-state index contributed by atoms with van der Waals surface area (Å²) < 4.78 is 0. The molecule has 0 atom stereocenters. The van der Waals surface area contributed by atoms with E-state index in [4.69, 9.17) is 0 Å². The highest BCUT2D eigenvalue weighted by molar-refractivity contribution is 5.82. The summed E-state index contributed by atoms with van der Waals surface area (Å²) in [4.78, 5) is 27.3. The minimum absolute atomic E-state index is 0.0186. The standard InChI is InChI=1S/C27H29N5O3/c33-26(29-28-21-22-11-13-25(14-12-22)32(34)35)15-16-30-17-19-31(20-18-30)27(23-7-3-1-4-8-23)24-9-5-2-6-10-24/h1-14,21,27H,15-20H2,(H,29,33)/b28-21-.